The van der Waals surface area contributed by atoms with Gasteiger partial charge in [0.15, 0.2) is 5.78 Å². The van der Waals surface area contributed by atoms with Crippen LogP contribution >= 0.6 is 11.6 Å². The van der Waals surface area contributed by atoms with E-state index >= 15 is 0 Å². The van der Waals surface area contributed by atoms with Gasteiger partial charge in [0.05, 0.1) is 5.02 Å². The van der Waals surface area contributed by atoms with Gasteiger partial charge in [0.1, 0.15) is 5.82 Å². The first-order valence-electron chi connectivity index (χ1n) is 11.4. The zero-order valence-electron chi connectivity index (χ0n) is 17.8. The maximum Gasteiger partial charge on any atom is 0.217 e. The van der Waals surface area contributed by atoms with Crippen LogP contribution in [0.2, 0.25) is 5.02 Å². The molecule has 1 heterocycles. The van der Waals surface area contributed by atoms with Crippen LogP contribution < -0.4 is 5.73 Å². The summed E-state index contributed by atoms with van der Waals surface area (Å²) in [7, 11) is 0. The molecule has 1 aromatic carbocycles. The van der Waals surface area contributed by atoms with Gasteiger partial charge in [-0.2, -0.15) is 0 Å². The fourth-order valence-corrected chi connectivity index (χ4v) is 5.33. The Kier molecular flexibility index (Phi) is 8.70. The third-order valence-electron chi connectivity index (χ3n) is 7.01. The number of piperidine rings is 1. The Hall–Kier alpha value is -1.46. The summed E-state index contributed by atoms with van der Waals surface area (Å²) >= 11 is 6.07. The number of carbonyl (C=O) groups excluding carboxylic acids is 2. The molecule has 0 spiro atoms. The highest BCUT2D eigenvalue weighted by molar-refractivity contribution is 6.34. The molecule has 1 saturated heterocycles. The third kappa shape index (κ3) is 6.78. The van der Waals surface area contributed by atoms with E-state index in [1.54, 1.807) is 0 Å². The van der Waals surface area contributed by atoms with Crippen LogP contribution in [0.1, 0.15) is 74.6 Å². The normalized spacial score (nSPS) is 23.4. The lowest BCUT2D eigenvalue weighted by atomic mass is 9.78. The summed E-state index contributed by atoms with van der Waals surface area (Å²) in [6.45, 7) is 2.99. The Morgan fingerprint density at radius 3 is 2.27 bits per heavy atom. The molecule has 2 N–H and O–H groups in total. The lowest BCUT2D eigenvalue weighted by Gasteiger charge is -2.34. The molecule has 2 aliphatic rings. The van der Waals surface area contributed by atoms with Crippen LogP contribution in [-0.2, 0) is 4.79 Å². The second kappa shape index (κ2) is 11.2. The Balaban J connectivity index is 1.34. The summed E-state index contributed by atoms with van der Waals surface area (Å²) < 4.78 is 13.2. The molecule has 1 saturated carbocycles. The maximum absolute atomic E-state index is 13.2. The van der Waals surface area contributed by atoms with Gasteiger partial charge in [0.2, 0.25) is 5.91 Å². The standard InChI is InChI=1S/C24H34ClFN2O2/c25-22-16-20(26)8-9-21(22)24(30)19-11-14-28(15-12-19)13-10-18-6-4-17(5-7-18)2-1-3-23(27)29/h8-9,16-19H,1-7,10-15H2,(H2,27,29). The zero-order chi connectivity index (χ0) is 21.5. The van der Waals surface area contributed by atoms with Crippen molar-refractivity contribution in [1.29, 1.82) is 0 Å². The minimum atomic E-state index is -0.411. The van der Waals surface area contributed by atoms with Crippen molar-refractivity contribution in [3.8, 4) is 0 Å². The number of hydrogen-bond donors (Lipinski definition) is 1. The minimum Gasteiger partial charge on any atom is -0.370 e. The van der Waals surface area contributed by atoms with Crippen molar-refractivity contribution in [3.05, 3.63) is 34.6 Å². The van der Waals surface area contributed by atoms with E-state index in [1.807, 2.05) is 0 Å². The summed E-state index contributed by atoms with van der Waals surface area (Å²) in [5, 5.41) is 0.215. The number of nitrogens with zero attached hydrogens (tertiary/aromatic N) is 1. The molecule has 1 aliphatic heterocycles. The molecular weight excluding hydrogens is 403 g/mol. The SMILES string of the molecule is NC(=O)CCCC1CCC(CCN2CCC(C(=O)c3ccc(F)cc3Cl)CC2)CC1. The van der Waals surface area contributed by atoms with Crippen LogP contribution in [0.4, 0.5) is 4.39 Å². The molecule has 166 valence electrons. The van der Waals surface area contributed by atoms with E-state index in [9.17, 15) is 14.0 Å². The fraction of sp³-hybridized carbons (Fsp3) is 0.667. The van der Waals surface area contributed by atoms with Crippen LogP contribution in [0.3, 0.4) is 0 Å². The molecule has 1 aliphatic carbocycles. The second-order valence-corrected chi connectivity index (χ2v) is 9.55. The Morgan fingerprint density at radius 1 is 1.03 bits per heavy atom. The number of Topliss-reactive ketones (excluding diaryl/α,β-unsaturated/α-hetero) is 1. The lowest BCUT2D eigenvalue weighted by molar-refractivity contribution is -0.118. The highest BCUT2D eigenvalue weighted by Crippen LogP contribution is 2.34. The van der Waals surface area contributed by atoms with Gasteiger partial charge in [0, 0.05) is 17.9 Å². The number of hydrogen-bond acceptors (Lipinski definition) is 3. The number of amides is 1. The summed E-state index contributed by atoms with van der Waals surface area (Å²) in [6, 6.07) is 4.04. The minimum absolute atomic E-state index is 0.0138. The number of halogens is 2. The van der Waals surface area contributed by atoms with Gasteiger partial charge in [-0.3, -0.25) is 9.59 Å². The number of likely N-dealkylation sites (tertiary alicyclic amines) is 1. The van der Waals surface area contributed by atoms with Crippen LogP contribution in [0.5, 0.6) is 0 Å². The van der Waals surface area contributed by atoms with E-state index in [0.29, 0.717) is 12.0 Å². The van der Waals surface area contributed by atoms with Gasteiger partial charge in [-0.25, -0.2) is 4.39 Å². The molecule has 4 nitrogen and oxygen atoms in total. The van der Waals surface area contributed by atoms with E-state index in [1.165, 1.54) is 50.3 Å². The second-order valence-electron chi connectivity index (χ2n) is 9.14. The fourth-order valence-electron chi connectivity index (χ4n) is 5.07. The number of nitrogens with two attached hydrogens (primary N) is 1. The number of rotatable bonds is 9. The highest BCUT2D eigenvalue weighted by Gasteiger charge is 2.28. The van der Waals surface area contributed by atoms with Gasteiger partial charge in [-0.15, -0.1) is 0 Å². The van der Waals surface area contributed by atoms with Crippen molar-refractivity contribution >= 4 is 23.3 Å². The van der Waals surface area contributed by atoms with E-state index in [4.69, 9.17) is 17.3 Å². The van der Waals surface area contributed by atoms with Crippen molar-refractivity contribution < 1.29 is 14.0 Å². The molecule has 0 bridgehead atoms. The summed E-state index contributed by atoms with van der Waals surface area (Å²) in [4.78, 5) is 26.1. The average Bonchev–Trinajstić information content (AvgIpc) is 2.73. The molecule has 0 unspecified atom stereocenters. The summed E-state index contributed by atoms with van der Waals surface area (Å²) in [5.41, 5.74) is 5.67. The van der Waals surface area contributed by atoms with E-state index < -0.39 is 5.82 Å². The van der Waals surface area contributed by atoms with Crippen LogP contribution in [0.25, 0.3) is 0 Å². The Labute approximate surface area is 184 Å². The third-order valence-corrected chi connectivity index (χ3v) is 7.32. The smallest absolute Gasteiger partial charge is 0.217 e. The van der Waals surface area contributed by atoms with Gasteiger partial charge in [-0.1, -0.05) is 37.3 Å². The quantitative estimate of drug-likeness (QED) is 0.539. The number of carbonyl (C=O) groups is 2. The van der Waals surface area contributed by atoms with Crippen LogP contribution in [-0.4, -0.2) is 36.2 Å². The van der Waals surface area contributed by atoms with E-state index in [0.717, 1.165) is 57.2 Å². The molecule has 0 radical (unpaired) electrons. The van der Waals surface area contributed by atoms with Gasteiger partial charge in [-0.05, 0) is 81.8 Å². The topological polar surface area (TPSA) is 63.4 Å². The number of benzene rings is 1. The first kappa shape index (κ1) is 23.2. The van der Waals surface area contributed by atoms with E-state index in [-0.39, 0.29) is 22.6 Å². The highest BCUT2D eigenvalue weighted by atomic mass is 35.5. The average molecular weight is 437 g/mol. The molecule has 1 amide bonds. The van der Waals surface area contributed by atoms with Crippen molar-refractivity contribution in [2.24, 2.45) is 23.5 Å². The Morgan fingerprint density at radius 2 is 1.67 bits per heavy atom. The van der Waals surface area contributed by atoms with Gasteiger partial charge in [0.25, 0.3) is 0 Å². The zero-order valence-corrected chi connectivity index (χ0v) is 18.5. The van der Waals surface area contributed by atoms with E-state index in [2.05, 4.69) is 4.90 Å². The number of primary amides is 1. The first-order valence-corrected chi connectivity index (χ1v) is 11.8. The predicted molar refractivity (Wildman–Crippen MR) is 118 cm³/mol. The molecule has 0 atom stereocenters. The lowest BCUT2D eigenvalue weighted by Crippen LogP contribution is -2.37. The first-order chi connectivity index (χ1) is 14.4. The van der Waals surface area contributed by atoms with Crippen LogP contribution in [0.15, 0.2) is 18.2 Å². The molecule has 3 rings (SSSR count). The molecular formula is C24H34ClFN2O2. The van der Waals surface area contributed by atoms with Crippen molar-refractivity contribution in [3.63, 3.8) is 0 Å². The van der Waals surface area contributed by atoms with Gasteiger partial charge < -0.3 is 10.6 Å². The monoisotopic (exact) mass is 436 g/mol. The molecule has 2 fully saturated rings. The Bertz CT molecular complexity index is 726. The molecule has 30 heavy (non-hydrogen) atoms. The maximum atomic E-state index is 13.2. The molecule has 1 aromatic rings. The van der Waals surface area contributed by atoms with Gasteiger partial charge >= 0.3 is 0 Å². The molecule has 0 aromatic heterocycles. The van der Waals surface area contributed by atoms with Crippen LogP contribution in [0, 0.1) is 23.6 Å². The van der Waals surface area contributed by atoms with Crippen molar-refractivity contribution in [2.75, 3.05) is 19.6 Å². The number of ketones is 1. The summed E-state index contributed by atoms with van der Waals surface area (Å²) in [6.07, 6.45) is 10.6. The molecule has 6 heteroatoms. The van der Waals surface area contributed by atoms with Crippen molar-refractivity contribution in [1.82, 2.24) is 4.90 Å². The predicted octanol–water partition coefficient (Wildman–Crippen LogP) is 5.23. The summed E-state index contributed by atoms with van der Waals surface area (Å²) in [5.74, 6) is 1.01. The van der Waals surface area contributed by atoms with Crippen molar-refractivity contribution in [2.45, 2.75) is 64.2 Å². The largest absolute Gasteiger partial charge is 0.370 e.